The lowest BCUT2D eigenvalue weighted by Gasteiger charge is -2.21. The molecule has 0 radical (unpaired) electrons. The fraction of sp³-hybridized carbons (Fsp3) is 0.185. The molecule has 4 rings (SSSR count). The average Bonchev–Trinajstić information content (AvgIpc) is 2.79. The Balaban J connectivity index is 1.90. The van der Waals surface area contributed by atoms with E-state index in [1.807, 2.05) is 86.6 Å². The highest BCUT2D eigenvalue weighted by molar-refractivity contribution is 6.08. The van der Waals surface area contributed by atoms with Gasteiger partial charge < -0.3 is 5.32 Å². The van der Waals surface area contributed by atoms with Gasteiger partial charge in [-0.15, -0.1) is 0 Å². The molecule has 0 aliphatic rings. The number of aromatic nitrogens is 1. The van der Waals surface area contributed by atoms with Gasteiger partial charge in [0.25, 0.3) is 11.5 Å². The van der Waals surface area contributed by atoms with Crippen molar-refractivity contribution in [3.63, 3.8) is 0 Å². The van der Waals surface area contributed by atoms with E-state index in [0.29, 0.717) is 22.0 Å². The molecule has 1 N–H and O–H groups in total. The number of amides is 1. The van der Waals surface area contributed by atoms with E-state index in [1.165, 1.54) is 0 Å². The number of rotatable bonds is 5. The summed E-state index contributed by atoms with van der Waals surface area (Å²) >= 11 is 0. The lowest BCUT2D eigenvalue weighted by molar-refractivity contribution is 0.0936. The predicted octanol–water partition coefficient (Wildman–Crippen LogP) is 5.49. The number of nitrogens with zero attached hydrogens (tertiary/aromatic N) is 1. The Morgan fingerprint density at radius 2 is 1.48 bits per heavy atom. The largest absolute Gasteiger partial charge is 0.345 e. The fourth-order valence-electron chi connectivity index (χ4n) is 4.19. The zero-order valence-electron chi connectivity index (χ0n) is 18.1. The van der Waals surface area contributed by atoms with Crippen molar-refractivity contribution < 1.29 is 4.79 Å². The van der Waals surface area contributed by atoms with Crippen LogP contribution in [0.1, 0.15) is 46.6 Å². The van der Waals surface area contributed by atoms with Crippen molar-refractivity contribution in [2.75, 3.05) is 0 Å². The SMILES string of the molecule is CC[C@H](NC(=O)c1c(C)n(-c2ccccc2C)c(=O)c2ccccc12)c1ccccc1. The Morgan fingerprint density at radius 1 is 0.871 bits per heavy atom. The van der Waals surface area contributed by atoms with Crippen LogP contribution in [0.5, 0.6) is 0 Å². The van der Waals surface area contributed by atoms with Crippen LogP contribution < -0.4 is 10.9 Å². The van der Waals surface area contributed by atoms with Crippen LogP contribution in [0.2, 0.25) is 0 Å². The number of hydrogen-bond acceptors (Lipinski definition) is 2. The Labute approximate surface area is 182 Å². The monoisotopic (exact) mass is 410 g/mol. The summed E-state index contributed by atoms with van der Waals surface area (Å²) in [6.07, 6.45) is 0.768. The molecule has 0 aliphatic heterocycles. The van der Waals surface area contributed by atoms with Crippen LogP contribution in [-0.4, -0.2) is 10.5 Å². The molecule has 1 atom stereocenters. The maximum absolute atomic E-state index is 13.6. The summed E-state index contributed by atoms with van der Waals surface area (Å²) in [7, 11) is 0. The molecule has 1 amide bonds. The summed E-state index contributed by atoms with van der Waals surface area (Å²) in [5.74, 6) is -0.174. The van der Waals surface area contributed by atoms with Gasteiger partial charge >= 0.3 is 0 Å². The number of nitrogens with one attached hydrogen (secondary N) is 1. The van der Waals surface area contributed by atoms with E-state index >= 15 is 0 Å². The minimum atomic E-state index is -0.174. The van der Waals surface area contributed by atoms with E-state index in [9.17, 15) is 9.59 Å². The second-order valence-electron chi connectivity index (χ2n) is 7.78. The van der Waals surface area contributed by atoms with E-state index in [-0.39, 0.29) is 17.5 Å². The molecule has 0 saturated heterocycles. The first-order chi connectivity index (χ1) is 15.0. The average molecular weight is 411 g/mol. The van der Waals surface area contributed by atoms with Crippen molar-refractivity contribution in [3.8, 4) is 5.69 Å². The van der Waals surface area contributed by atoms with Crippen LogP contribution in [0.15, 0.2) is 83.7 Å². The molecule has 0 unspecified atom stereocenters. The molecule has 4 nitrogen and oxygen atoms in total. The Bertz CT molecular complexity index is 1310. The lowest BCUT2D eigenvalue weighted by atomic mass is 10.00. The summed E-state index contributed by atoms with van der Waals surface area (Å²) in [6, 6.07) is 24.9. The van der Waals surface area contributed by atoms with Crippen LogP contribution in [0.3, 0.4) is 0 Å². The van der Waals surface area contributed by atoms with Crippen molar-refractivity contribution in [1.82, 2.24) is 9.88 Å². The lowest BCUT2D eigenvalue weighted by Crippen LogP contribution is -2.32. The van der Waals surface area contributed by atoms with E-state index in [2.05, 4.69) is 12.2 Å². The third kappa shape index (κ3) is 3.77. The van der Waals surface area contributed by atoms with Gasteiger partial charge in [-0.25, -0.2) is 0 Å². The van der Waals surface area contributed by atoms with Crippen molar-refractivity contribution in [2.24, 2.45) is 0 Å². The Hall–Kier alpha value is -3.66. The van der Waals surface area contributed by atoms with Gasteiger partial charge in [-0.1, -0.05) is 73.7 Å². The molecule has 31 heavy (non-hydrogen) atoms. The number of pyridine rings is 1. The molecule has 4 aromatic rings. The molecule has 4 heteroatoms. The molecule has 1 heterocycles. The maximum atomic E-state index is 13.6. The minimum Gasteiger partial charge on any atom is -0.345 e. The molecule has 0 aliphatic carbocycles. The molecule has 0 fully saturated rings. The van der Waals surface area contributed by atoms with Gasteiger partial charge in [-0.3, -0.25) is 14.2 Å². The maximum Gasteiger partial charge on any atom is 0.263 e. The van der Waals surface area contributed by atoms with E-state index in [4.69, 9.17) is 0 Å². The standard InChI is InChI=1S/C27H26N2O2/c1-4-23(20-13-6-5-7-14-20)28-26(30)25-19(3)29(24-17-11-8-12-18(24)2)27(31)22-16-10-9-15-21(22)25/h5-17,23H,4H2,1-3H3,(H,28,30)/t23-/m0/s1. The third-order valence-electron chi connectivity index (χ3n) is 5.83. The first kappa shape index (κ1) is 20.6. The van der Waals surface area contributed by atoms with Crippen LogP contribution in [-0.2, 0) is 0 Å². The molecule has 156 valence electrons. The number of para-hydroxylation sites is 1. The van der Waals surface area contributed by atoms with Crippen molar-refractivity contribution in [1.29, 1.82) is 0 Å². The molecule has 1 aromatic heterocycles. The number of carbonyl (C=O) groups is 1. The summed E-state index contributed by atoms with van der Waals surface area (Å²) in [6.45, 7) is 5.87. The quantitative estimate of drug-likeness (QED) is 0.473. The zero-order chi connectivity index (χ0) is 22.0. The summed E-state index contributed by atoms with van der Waals surface area (Å²) in [5.41, 5.74) is 3.89. The van der Waals surface area contributed by atoms with Crippen LogP contribution in [0, 0.1) is 13.8 Å². The number of carbonyl (C=O) groups excluding carboxylic acids is 1. The second-order valence-corrected chi connectivity index (χ2v) is 7.78. The smallest absolute Gasteiger partial charge is 0.263 e. The molecule has 0 spiro atoms. The van der Waals surface area contributed by atoms with Crippen molar-refractivity contribution >= 4 is 16.7 Å². The van der Waals surface area contributed by atoms with Gasteiger partial charge in [0.2, 0.25) is 0 Å². The molecule has 0 bridgehead atoms. The van der Waals surface area contributed by atoms with Crippen LogP contribution in [0.4, 0.5) is 0 Å². The van der Waals surface area contributed by atoms with Gasteiger partial charge in [-0.2, -0.15) is 0 Å². The summed E-state index contributed by atoms with van der Waals surface area (Å²) < 4.78 is 1.66. The summed E-state index contributed by atoms with van der Waals surface area (Å²) in [5, 5.41) is 4.40. The van der Waals surface area contributed by atoms with E-state index in [0.717, 1.165) is 23.2 Å². The third-order valence-corrected chi connectivity index (χ3v) is 5.83. The first-order valence-corrected chi connectivity index (χ1v) is 10.6. The zero-order valence-corrected chi connectivity index (χ0v) is 18.1. The van der Waals surface area contributed by atoms with Crippen molar-refractivity contribution in [3.05, 3.63) is 112 Å². The van der Waals surface area contributed by atoms with Gasteiger partial charge in [0, 0.05) is 16.5 Å². The number of aryl methyl sites for hydroxylation is 1. The number of fused-ring (bicyclic) bond motifs is 1. The Morgan fingerprint density at radius 3 is 2.16 bits per heavy atom. The highest BCUT2D eigenvalue weighted by Gasteiger charge is 2.22. The van der Waals surface area contributed by atoms with E-state index < -0.39 is 0 Å². The van der Waals surface area contributed by atoms with Crippen LogP contribution >= 0.6 is 0 Å². The molecular weight excluding hydrogens is 384 g/mol. The van der Waals surface area contributed by atoms with Crippen molar-refractivity contribution in [2.45, 2.75) is 33.2 Å². The van der Waals surface area contributed by atoms with Crippen LogP contribution in [0.25, 0.3) is 16.5 Å². The van der Waals surface area contributed by atoms with Gasteiger partial charge in [0.1, 0.15) is 0 Å². The first-order valence-electron chi connectivity index (χ1n) is 10.6. The van der Waals surface area contributed by atoms with Gasteiger partial charge in [-0.05, 0) is 43.5 Å². The van der Waals surface area contributed by atoms with E-state index in [1.54, 1.807) is 10.6 Å². The minimum absolute atomic E-state index is 0.106. The molecule has 3 aromatic carbocycles. The topological polar surface area (TPSA) is 51.1 Å². The molecule has 0 saturated carbocycles. The normalized spacial score (nSPS) is 12.0. The highest BCUT2D eigenvalue weighted by Crippen LogP contribution is 2.25. The fourth-order valence-corrected chi connectivity index (χ4v) is 4.19. The Kier molecular flexibility index (Phi) is 5.72. The molecular formula is C27H26N2O2. The highest BCUT2D eigenvalue weighted by atomic mass is 16.2. The van der Waals surface area contributed by atoms with Gasteiger partial charge in [0.05, 0.1) is 17.3 Å². The number of benzene rings is 3. The predicted molar refractivity (Wildman–Crippen MR) is 126 cm³/mol. The second kappa shape index (κ2) is 8.60. The van der Waals surface area contributed by atoms with Gasteiger partial charge in [0.15, 0.2) is 0 Å². The summed E-state index contributed by atoms with van der Waals surface area (Å²) in [4.78, 5) is 27.0. The number of hydrogen-bond donors (Lipinski definition) is 1.